The largest absolute Gasteiger partial charge is 0.307 e. The molecule has 0 saturated heterocycles. The average molecular weight is 277 g/mol. The minimum atomic E-state index is -0.805. The van der Waals surface area contributed by atoms with Crippen molar-refractivity contribution >= 4 is 10.8 Å². The molecule has 1 saturated carbocycles. The van der Waals surface area contributed by atoms with Gasteiger partial charge in [0.2, 0.25) is 0 Å². The van der Waals surface area contributed by atoms with Crippen molar-refractivity contribution < 1.29 is 4.21 Å². The monoisotopic (exact) mass is 277 g/mol. The topological polar surface area (TPSA) is 29.1 Å². The standard InChI is InChI=1S/C16H23NOS/c1-16(2,3)11-4-7-15-13(10-11)14(8-9-19(15)18)17-12-5-6-12/h4,7,10,12,14,17H,5-6,8-9H2,1-3H3. The second kappa shape index (κ2) is 4.71. The molecule has 1 aromatic carbocycles. The summed E-state index contributed by atoms with van der Waals surface area (Å²) in [6, 6.07) is 7.63. The van der Waals surface area contributed by atoms with Gasteiger partial charge in [-0.05, 0) is 41.9 Å². The van der Waals surface area contributed by atoms with Crippen LogP contribution in [0.2, 0.25) is 0 Å². The summed E-state index contributed by atoms with van der Waals surface area (Å²) >= 11 is 0. The van der Waals surface area contributed by atoms with Crippen LogP contribution in [0.4, 0.5) is 0 Å². The molecule has 1 fully saturated rings. The van der Waals surface area contributed by atoms with Gasteiger partial charge in [0, 0.05) is 22.7 Å². The van der Waals surface area contributed by atoms with E-state index in [1.54, 1.807) is 0 Å². The lowest BCUT2D eigenvalue weighted by molar-refractivity contribution is 0.498. The molecule has 0 aromatic heterocycles. The second-order valence-electron chi connectivity index (χ2n) is 6.83. The van der Waals surface area contributed by atoms with Gasteiger partial charge in [-0.15, -0.1) is 0 Å². The fraction of sp³-hybridized carbons (Fsp3) is 0.625. The third-order valence-corrected chi connectivity index (χ3v) is 5.57. The van der Waals surface area contributed by atoms with E-state index >= 15 is 0 Å². The Kier molecular flexibility index (Phi) is 3.30. The lowest BCUT2D eigenvalue weighted by atomic mass is 9.85. The zero-order valence-corrected chi connectivity index (χ0v) is 12.8. The van der Waals surface area contributed by atoms with Gasteiger partial charge in [0.25, 0.3) is 0 Å². The van der Waals surface area contributed by atoms with Crippen LogP contribution >= 0.6 is 0 Å². The van der Waals surface area contributed by atoms with Crippen molar-refractivity contribution in [2.24, 2.45) is 0 Å². The molecular formula is C16H23NOS. The van der Waals surface area contributed by atoms with Crippen LogP contribution in [0.25, 0.3) is 0 Å². The molecule has 0 spiro atoms. The fourth-order valence-corrected chi connectivity index (χ4v) is 4.05. The molecule has 2 atom stereocenters. The maximum absolute atomic E-state index is 12.2. The van der Waals surface area contributed by atoms with E-state index in [9.17, 15) is 4.21 Å². The summed E-state index contributed by atoms with van der Waals surface area (Å²) in [5, 5.41) is 3.71. The molecule has 2 nitrogen and oxygen atoms in total. The third kappa shape index (κ3) is 2.77. The lowest BCUT2D eigenvalue weighted by Gasteiger charge is -2.29. The number of hydrogen-bond donors (Lipinski definition) is 1. The highest BCUT2D eigenvalue weighted by atomic mass is 32.2. The van der Waals surface area contributed by atoms with Gasteiger partial charge in [-0.2, -0.15) is 0 Å². The first-order valence-electron chi connectivity index (χ1n) is 7.24. The second-order valence-corrected chi connectivity index (χ2v) is 8.37. The predicted molar refractivity (Wildman–Crippen MR) is 79.9 cm³/mol. The summed E-state index contributed by atoms with van der Waals surface area (Å²) in [5.41, 5.74) is 2.77. The summed E-state index contributed by atoms with van der Waals surface area (Å²) in [4.78, 5) is 1.05. The van der Waals surface area contributed by atoms with E-state index in [0.29, 0.717) is 12.1 Å². The van der Waals surface area contributed by atoms with Crippen molar-refractivity contribution in [3.05, 3.63) is 29.3 Å². The van der Waals surface area contributed by atoms with Crippen molar-refractivity contribution in [3.63, 3.8) is 0 Å². The Bertz CT molecular complexity index is 514. The molecule has 1 aromatic rings. The van der Waals surface area contributed by atoms with Gasteiger partial charge in [-0.3, -0.25) is 4.21 Å². The van der Waals surface area contributed by atoms with E-state index in [4.69, 9.17) is 0 Å². The van der Waals surface area contributed by atoms with Crippen molar-refractivity contribution in [3.8, 4) is 0 Å². The number of fused-ring (bicyclic) bond motifs is 1. The number of rotatable bonds is 2. The molecule has 0 amide bonds. The summed E-state index contributed by atoms with van der Waals surface area (Å²) in [6.07, 6.45) is 3.60. The molecule has 2 aliphatic rings. The first-order valence-corrected chi connectivity index (χ1v) is 8.56. The highest BCUT2D eigenvalue weighted by Crippen LogP contribution is 2.36. The first kappa shape index (κ1) is 13.3. The predicted octanol–water partition coefficient (Wildman–Crippen LogP) is 3.29. The van der Waals surface area contributed by atoms with E-state index in [1.807, 2.05) is 0 Å². The Hall–Kier alpha value is -0.670. The molecule has 2 unspecified atom stereocenters. The van der Waals surface area contributed by atoms with Crippen LogP contribution in [0.15, 0.2) is 23.1 Å². The third-order valence-electron chi connectivity index (χ3n) is 4.10. The Labute approximate surface area is 118 Å². The Morgan fingerprint density at radius 2 is 1.95 bits per heavy atom. The lowest BCUT2D eigenvalue weighted by Crippen LogP contribution is -2.29. The number of nitrogens with one attached hydrogen (secondary N) is 1. The van der Waals surface area contributed by atoms with Crippen LogP contribution in [-0.4, -0.2) is 16.0 Å². The number of benzene rings is 1. The van der Waals surface area contributed by atoms with E-state index in [1.165, 1.54) is 24.0 Å². The molecule has 104 valence electrons. The van der Waals surface area contributed by atoms with Gasteiger partial charge in [0.1, 0.15) is 0 Å². The van der Waals surface area contributed by atoms with Crippen molar-refractivity contribution in [1.29, 1.82) is 0 Å². The van der Waals surface area contributed by atoms with E-state index in [2.05, 4.69) is 44.3 Å². The normalized spacial score (nSPS) is 27.1. The molecule has 1 heterocycles. The average Bonchev–Trinajstić information content (AvgIpc) is 3.15. The fourth-order valence-electron chi connectivity index (χ4n) is 2.69. The molecular weight excluding hydrogens is 254 g/mol. The molecule has 3 heteroatoms. The maximum atomic E-state index is 12.2. The van der Waals surface area contributed by atoms with Crippen LogP contribution in [0, 0.1) is 0 Å². The van der Waals surface area contributed by atoms with Crippen LogP contribution in [0.1, 0.15) is 57.2 Å². The van der Waals surface area contributed by atoms with Gasteiger partial charge in [0.15, 0.2) is 0 Å². The van der Waals surface area contributed by atoms with Gasteiger partial charge in [0.05, 0.1) is 10.8 Å². The van der Waals surface area contributed by atoms with Gasteiger partial charge < -0.3 is 5.32 Å². The number of hydrogen-bond acceptors (Lipinski definition) is 2. The van der Waals surface area contributed by atoms with Crippen LogP contribution in [-0.2, 0) is 16.2 Å². The summed E-state index contributed by atoms with van der Waals surface area (Å²) in [7, 11) is -0.805. The van der Waals surface area contributed by atoms with Crippen LogP contribution < -0.4 is 5.32 Å². The van der Waals surface area contributed by atoms with E-state index in [-0.39, 0.29) is 5.41 Å². The zero-order valence-electron chi connectivity index (χ0n) is 12.0. The molecule has 19 heavy (non-hydrogen) atoms. The van der Waals surface area contributed by atoms with E-state index < -0.39 is 10.8 Å². The smallest absolute Gasteiger partial charge is 0.0533 e. The highest BCUT2D eigenvalue weighted by Gasteiger charge is 2.31. The van der Waals surface area contributed by atoms with Gasteiger partial charge in [-0.1, -0.05) is 32.9 Å². The Morgan fingerprint density at radius 1 is 1.21 bits per heavy atom. The molecule has 1 aliphatic carbocycles. The van der Waals surface area contributed by atoms with Crippen LogP contribution in [0.5, 0.6) is 0 Å². The van der Waals surface area contributed by atoms with Crippen molar-refractivity contribution in [2.45, 2.75) is 62.4 Å². The summed E-state index contributed by atoms with van der Waals surface area (Å²) in [5.74, 6) is 0.798. The summed E-state index contributed by atoms with van der Waals surface area (Å²) < 4.78 is 12.2. The molecule has 1 aliphatic heterocycles. The Balaban J connectivity index is 1.98. The highest BCUT2D eigenvalue weighted by molar-refractivity contribution is 7.85. The van der Waals surface area contributed by atoms with Crippen LogP contribution in [0.3, 0.4) is 0 Å². The minimum absolute atomic E-state index is 0.151. The molecule has 0 radical (unpaired) electrons. The quantitative estimate of drug-likeness (QED) is 0.899. The van der Waals surface area contributed by atoms with Crippen molar-refractivity contribution in [2.75, 3.05) is 5.75 Å². The first-order chi connectivity index (χ1) is 8.95. The van der Waals surface area contributed by atoms with Gasteiger partial charge in [-0.25, -0.2) is 0 Å². The van der Waals surface area contributed by atoms with Crippen molar-refractivity contribution in [1.82, 2.24) is 5.32 Å². The zero-order chi connectivity index (χ0) is 13.6. The molecule has 1 N–H and O–H groups in total. The summed E-state index contributed by atoms with van der Waals surface area (Å²) in [6.45, 7) is 6.70. The molecule has 3 rings (SSSR count). The Morgan fingerprint density at radius 3 is 2.58 bits per heavy atom. The van der Waals surface area contributed by atoms with Gasteiger partial charge >= 0.3 is 0 Å². The maximum Gasteiger partial charge on any atom is 0.0533 e. The minimum Gasteiger partial charge on any atom is -0.307 e. The SMILES string of the molecule is CC(C)(C)c1ccc2c(c1)C(NC1CC1)CCS2=O. The van der Waals surface area contributed by atoms with E-state index in [0.717, 1.165) is 17.1 Å². The molecule has 0 bridgehead atoms.